The molecule has 3 heterocycles. The van der Waals surface area contributed by atoms with E-state index in [1.165, 1.54) is 12.8 Å². The number of nitrogens with one attached hydrogen (secondary N) is 1. The van der Waals surface area contributed by atoms with Gasteiger partial charge in [0.05, 0.1) is 0 Å². The van der Waals surface area contributed by atoms with E-state index < -0.39 is 0 Å². The molecule has 0 atom stereocenters. The molecular weight excluding hydrogens is 276 g/mol. The van der Waals surface area contributed by atoms with Crippen LogP contribution >= 0.6 is 22.7 Å². The molecule has 0 spiro atoms. The predicted molar refractivity (Wildman–Crippen MR) is 83.4 cm³/mol. The van der Waals surface area contributed by atoms with Crippen LogP contribution in [-0.4, -0.2) is 29.1 Å². The Bertz CT molecular complexity index is 540. The number of hydrogen-bond donors (Lipinski definition) is 1. The lowest BCUT2D eigenvalue weighted by molar-refractivity contribution is 0.896. The van der Waals surface area contributed by atoms with Crippen LogP contribution in [0.1, 0.15) is 26.7 Å². The van der Waals surface area contributed by atoms with Crippen LogP contribution < -0.4 is 10.2 Å². The molecule has 0 aromatic carbocycles. The first-order valence-electron chi connectivity index (χ1n) is 6.65. The molecule has 0 unspecified atom stereocenters. The largest absolute Gasteiger partial charge is 0.359 e. The van der Waals surface area contributed by atoms with Gasteiger partial charge in [-0.05, 0) is 26.7 Å². The molecule has 19 heavy (non-hydrogen) atoms. The van der Waals surface area contributed by atoms with Gasteiger partial charge in [-0.15, -0.1) is 22.7 Å². The topological polar surface area (TPSA) is 41.1 Å². The lowest BCUT2D eigenvalue weighted by Gasteiger charge is -2.11. The maximum absolute atomic E-state index is 4.72. The Morgan fingerprint density at radius 3 is 2.53 bits per heavy atom. The average molecular weight is 294 g/mol. The van der Waals surface area contributed by atoms with E-state index in [9.17, 15) is 0 Å². The van der Waals surface area contributed by atoms with Crippen molar-refractivity contribution in [2.45, 2.75) is 32.7 Å². The minimum atomic E-state index is 0.412. The zero-order chi connectivity index (χ0) is 13.2. The normalized spacial score (nSPS) is 15.4. The van der Waals surface area contributed by atoms with Crippen molar-refractivity contribution in [1.29, 1.82) is 0 Å². The molecular formula is C13H18N4S2. The van der Waals surface area contributed by atoms with E-state index in [4.69, 9.17) is 4.98 Å². The number of hydrogen-bond acceptors (Lipinski definition) is 6. The van der Waals surface area contributed by atoms with E-state index in [2.05, 4.69) is 39.8 Å². The van der Waals surface area contributed by atoms with Crippen molar-refractivity contribution >= 4 is 32.9 Å². The standard InChI is InChI=1S/C13H18N4S2/c1-9(2)14-12-15-10(7-18-12)11-8-19-13(16-11)17-5-3-4-6-17/h7-9H,3-6H2,1-2H3,(H,14,15). The molecule has 6 heteroatoms. The fraction of sp³-hybridized carbons (Fsp3) is 0.538. The van der Waals surface area contributed by atoms with E-state index in [0.717, 1.165) is 34.7 Å². The molecule has 1 aliphatic rings. The summed E-state index contributed by atoms with van der Waals surface area (Å²) in [5, 5.41) is 9.63. The molecule has 0 saturated carbocycles. The van der Waals surface area contributed by atoms with E-state index in [-0.39, 0.29) is 0 Å². The fourth-order valence-electron chi connectivity index (χ4n) is 2.14. The molecule has 1 N–H and O–H groups in total. The van der Waals surface area contributed by atoms with E-state index in [1.807, 2.05) is 0 Å². The highest BCUT2D eigenvalue weighted by atomic mass is 32.1. The van der Waals surface area contributed by atoms with Gasteiger partial charge in [0.1, 0.15) is 11.4 Å². The highest BCUT2D eigenvalue weighted by Crippen LogP contribution is 2.31. The highest BCUT2D eigenvalue weighted by molar-refractivity contribution is 7.14. The fourth-order valence-corrected chi connectivity index (χ4v) is 3.86. The Kier molecular flexibility index (Phi) is 3.70. The van der Waals surface area contributed by atoms with Crippen LogP contribution in [0.4, 0.5) is 10.3 Å². The summed E-state index contributed by atoms with van der Waals surface area (Å²) < 4.78 is 0. The molecule has 0 bridgehead atoms. The molecule has 1 saturated heterocycles. The van der Waals surface area contributed by atoms with Gasteiger partial charge in [-0.3, -0.25) is 0 Å². The van der Waals surface area contributed by atoms with Gasteiger partial charge >= 0.3 is 0 Å². The van der Waals surface area contributed by atoms with Gasteiger partial charge in [-0.1, -0.05) is 0 Å². The summed E-state index contributed by atoms with van der Waals surface area (Å²) in [4.78, 5) is 11.7. The van der Waals surface area contributed by atoms with Gasteiger partial charge in [0, 0.05) is 29.9 Å². The second kappa shape index (κ2) is 5.46. The lowest BCUT2D eigenvalue weighted by Crippen LogP contribution is -2.17. The zero-order valence-corrected chi connectivity index (χ0v) is 12.9. The number of nitrogens with zero attached hydrogens (tertiary/aromatic N) is 3. The Hall–Kier alpha value is -1.14. The van der Waals surface area contributed by atoms with Crippen LogP contribution in [0.2, 0.25) is 0 Å². The van der Waals surface area contributed by atoms with Crippen LogP contribution in [0.15, 0.2) is 10.8 Å². The van der Waals surface area contributed by atoms with Crippen molar-refractivity contribution in [3.05, 3.63) is 10.8 Å². The Morgan fingerprint density at radius 1 is 1.11 bits per heavy atom. The van der Waals surface area contributed by atoms with Gasteiger partial charge in [-0.2, -0.15) is 0 Å². The third-order valence-corrected chi connectivity index (χ3v) is 4.72. The Labute approximate surface area is 121 Å². The van der Waals surface area contributed by atoms with Crippen molar-refractivity contribution in [1.82, 2.24) is 9.97 Å². The second-order valence-electron chi connectivity index (χ2n) is 5.05. The summed E-state index contributed by atoms with van der Waals surface area (Å²) in [5.74, 6) is 0. The first-order chi connectivity index (χ1) is 9.22. The summed E-state index contributed by atoms with van der Waals surface area (Å²) >= 11 is 3.37. The minimum absolute atomic E-state index is 0.412. The van der Waals surface area contributed by atoms with Gasteiger partial charge < -0.3 is 10.2 Å². The summed E-state index contributed by atoms with van der Waals surface area (Å²) in [7, 11) is 0. The van der Waals surface area contributed by atoms with Crippen LogP contribution in [0.5, 0.6) is 0 Å². The van der Waals surface area contributed by atoms with Crippen LogP contribution in [0, 0.1) is 0 Å². The van der Waals surface area contributed by atoms with Crippen molar-refractivity contribution < 1.29 is 0 Å². The molecule has 2 aromatic rings. The third-order valence-electron chi connectivity index (χ3n) is 3.05. The number of rotatable bonds is 4. The minimum Gasteiger partial charge on any atom is -0.359 e. The first kappa shape index (κ1) is 12.9. The second-order valence-corrected chi connectivity index (χ2v) is 6.74. The third kappa shape index (κ3) is 2.90. The maximum atomic E-state index is 4.72. The highest BCUT2D eigenvalue weighted by Gasteiger charge is 2.17. The van der Waals surface area contributed by atoms with E-state index in [0.29, 0.717) is 6.04 Å². The van der Waals surface area contributed by atoms with Crippen LogP contribution in [0.3, 0.4) is 0 Å². The molecule has 2 aromatic heterocycles. The van der Waals surface area contributed by atoms with Gasteiger partial charge in [0.25, 0.3) is 0 Å². The lowest BCUT2D eigenvalue weighted by atomic mass is 10.4. The summed E-state index contributed by atoms with van der Waals surface area (Å²) in [6.07, 6.45) is 2.57. The summed E-state index contributed by atoms with van der Waals surface area (Å²) in [6.45, 7) is 6.53. The molecule has 0 radical (unpaired) electrons. The first-order valence-corrected chi connectivity index (χ1v) is 8.41. The SMILES string of the molecule is CC(C)Nc1nc(-c2csc(N3CCCC3)n2)cs1. The van der Waals surface area contributed by atoms with E-state index >= 15 is 0 Å². The molecule has 1 fully saturated rings. The van der Waals surface area contributed by atoms with Crippen molar-refractivity contribution in [3.8, 4) is 11.4 Å². The molecule has 1 aliphatic heterocycles. The summed E-state index contributed by atoms with van der Waals surface area (Å²) in [6, 6.07) is 0.412. The molecule has 0 aliphatic carbocycles. The smallest absolute Gasteiger partial charge is 0.185 e. The Balaban J connectivity index is 1.76. The van der Waals surface area contributed by atoms with Crippen molar-refractivity contribution in [2.24, 2.45) is 0 Å². The average Bonchev–Trinajstić information content (AvgIpc) is 3.09. The number of anilines is 2. The van der Waals surface area contributed by atoms with Crippen LogP contribution in [-0.2, 0) is 0 Å². The maximum Gasteiger partial charge on any atom is 0.185 e. The summed E-state index contributed by atoms with van der Waals surface area (Å²) in [5.41, 5.74) is 1.98. The van der Waals surface area contributed by atoms with Gasteiger partial charge in [0.2, 0.25) is 0 Å². The predicted octanol–water partition coefficient (Wildman–Crippen LogP) is 3.69. The zero-order valence-electron chi connectivity index (χ0n) is 11.2. The van der Waals surface area contributed by atoms with Crippen LogP contribution in [0.25, 0.3) is 11.4 Å². The molecule has 4 nitrogen and oxygen atoms in total. The van der Waals surface area contributed by atoms with Gasteiger partial charge in [0.15, 0.2) is 10.3 Å². The Morgan fingerprint density at radius 2 is 1.79 bits per heavy atom. The number of thiazole rings is 2. The van der Waals surface area contributed by atoms with Crippen molar-refractivity contribution in [3.63, 3.8) is 0 Å². The molecule has 0 amide bonds. The van der Waals surface area contributed by atoms with Gasteiger partial charge in [-0.25, -0.2) is 9.97 Å². The quantitative estimate of drug-likeness (QED) is 0.934. The van der Waals surface area contributed by atoms with Crippen molar-refractivity contribution in [2.75, 3.05) is 23.3 Å². The molecule has 3 rings (SSSR count). The monoisotopic (exact) mass is 294 g/mol. The van der Waals surface area contributed by atoms with E-state index in [1.54, 1.807) is 22.7 Å². The molecule has 102 valence electrons. The number of aromatic nitrogens is 2.